The van der Waals surface area contributed by atoms with E-state index in [1.165, 1.54) is 18.3 Å². The summed E-state index contributed by atoms with van der Waals surface area (Å²) in [5, 5.41) is -3.32. The Labute approximate surface area is 93.5 Å². The standard InChI is InChI=1S/C11H14ClF2N/c1-4-10(2,3)9-7-8(5-6-15-9)11(12,13)14/h5-7H,4H2,1-3H3. The first kappa shape index (κ1) is 12.4. The minimum Gasteiger partial charge on any atom is -0.261 e. The van der Waals surface area contributed by atoms with Gasteiger partial charge in [0.05, 0.1) is 0 Å². The summed E-state index contributed by atoms with van der Waals surface area (Å²) in [4.78, 5) is 4.10. The average molecular weight is 234 g/mol. The summed E-state index contributed by atoms with van der Waals surface area (Å²) >= 11 is 4.96. The summed E-state index contributed by atoms with van der Waals surface area (Å²) in [6.45, 7) is 5.92. The van der Waals surface area contributed by atoms with Crippen molar-refractivity contribution < 1.29 is 8.78 Å². The quantitative estimate of drug-likeness (QED) is 0.718. The van der Waals surface area contributed by atoms with Gasteiger partial charge in [-0.3, -0.25) is 4.98 Å². The lowest BCUT2D eigenvalue weighted by Gasteiger charge is -2.22. The van der Waals surface area contributed by atoms with E-state index in [1.807, 2.05) is 20.8 Å². The van der Waals surface area contributed by atoms with Gasteiger partial charge in [-0.05, 0) is 30.2 Å². The molecule has 84 valence electrons. The number of halogens is 3. The summed E-state index contributed by atoms with van der Waals surface area (Å²) < 4.78 is 25.7. The van der Waals surface area contributed by atoms with Gasteiger partial charge in [0.25, 0.3) is 0 Å². The Morgan fingerprint density at radius 1 is 1.40 bits per heavy atom. The van der Waals surface area contributed by atoms with Crippen molar-refractivity contribution in [2.24, 2.45) is 0 Å². The molecule has 1 aromatic rings. The van der Waals surface area contributed by atoms with Gasteiger partial charge in [0, 0.05) is 22.9 Å². The molecule has 0 spiro atoms. The van der Waals surface area contributed by atoms with E-state index in [0.29, 0.717) is 5.69 Å². The van der Waals surface area contributed by atoms with Crippen molar-refractivity contribution in [1.82, 2.24) is 4.98 Å². The maximum absolute atomic E-state index is 12.9. The molecule has 0 bridgehead atoms. The zero-order chi connectivity index (χ0) is 11.7. The smallest absolute Gasteiger partial charge is 0.261 e. The van der Waals surface area contributed by atoms with Gasteiger partial charge >= 0.3 is 5.38 Å². The fraction of sp³-hybridized carbons (Fsp3) is 0.545. The van der Waals surface area contributed by atoms with Gasteiger partial charge < -0.3 is 0 Å². The summed E-state index contributed by atoms with van der Waals surface area (Å²) in [6, 6.07) is 2.61. The maximum atomic E-state index is 12.9. The first-order chi connectivity index (χ1) is 6.77. The van der Waals surface area contributed by atoms with Gasteiger partial charge in [0.2, 0.25) is 0 Å². The number of rotatable bonds is 3. The van der Waals surface area contributed by atoms with Gasteiger partial charge in [-0.2, -0.15) is 8.78 Å². The Morgan fingerprint density at radius 3 is 2.47 bits per heavy atom. The van der Waals surface area contributed by atoms with Crippen LogP contribution in [0.5, 0.6) is 0 Å². The average Bonchev–Trinajstić information content (AvgIpc) is 2.17. The molecule has 0 fully saturated rings. The van der Waals surface area contributed by atoms with E-state index in [0.717, 1.165) is 6.42 Å². The van der Waals surface area contributed by atoms with Crippen molar-refractivity contribution >= 4 is 11.6 Å². The zero-order valence-electron chi connectivity index (χ0n) is 9.02. The highest BCUT2D eigenvalue weighted by atomic mass is 35.5. The first-order valence-electron chi connectivity index (χ1n) is 4.81. The number of alkyl halides is 3. The zero-order valence-corrected chi connectivity index (χ0v) is 9.78. The molecule has 0 radical (unpaired) electrons. The molecule has 0 aliphatic rings. The molecule has 0 saturated heterocycles. The van der Waals surface area contributed by atoms with Crippen LogP contribution in [0.4, 0.5) is 8.78 Å². The summed E-state index contributed by atoms with van der Waals surface area (Å²) in [6.07, 6.45) is 2.20. The fourth-order valence-electron chi connectivity index (χ4n) is 1.16. The van der Waals surface area contributed by atoms with Crippen molar-refractivity contribution in [1.29, 1.82) is 0 Å². The molecule has 1 aromatic heterocycles. The predicted molar refractivity (Wildman–Crippen MR) is 57.3 cm³/mol. The maximum Gasteiger partial charge on any atom is 0.348 e. The highest BCUT2D eigenvalue weighted by molar-refractivity contribution is 6.21. The molecule has 1 nitrogen and oxygen atoms in total. The number of hydrogen-bond donors (Lipinski definition) is 0. The highest BCUT2D eigenvalue weighted by Gasteiger charge is 2.30. The first-order valence-corrected chi connectivity index (χ1v) is 5.19. The molecule has 0 aliphatic heterocycles. The Hall–Kier alpha value is -0.700. The van der Waals surface area contributed by atoms with Crippen LogP contribution in [0.3, 0.4) is 0 Å². The van der Waals surface area contributed by atoms with Crippen molar-refractivity contribution in [2.45, 2.75) is 38.0 Å². The number of nitrogens with zero attached hydrogens (tertiary/aromatic N) is 1. The molecule has 0 saturated carbocycles. The lowest BCUT2D eigenvalue weighted by molar-refractivity contribution is 0.0948. The van der Waals surface area contributed by atoms with Crippen LogP contribution in [0.25, 0.3) is 0 Å². The topological polar surface area (TPSA) is 12.9 Å². The van der Waals surface area contributed by atoms with E-state index >= 15 is 0 Å². The lowest BCUT2D eigenvalue weighted by atomic mass is 9.85. The Morgan fingerprint density at radius 2 is 2.00 bits per heavy atom. The molecule has 0 amide bonds. The minimum absolute atomic E-state index is 0.198. The molecule has 0 unspecified atom stereocenters. The lowest BCUT2D eigenvalue weighted by Crippen LogP contribution is -2.18. The van der Waals surface area contributed by atoms with Crippen molar-refractivity contribution in [3.05, 3.63) is 29.6 Å². The third-order valence-corrected chi connectivity index (χ3v) is 2.88. The minimum atomic E-state index is -3.32. The Kier molecular flexibility index (Phi) is 3.34. The van der Waals surface area contributed by atoms with Crippen LogP contribution in [-0.2, 0) is 10.8 Å². The second-order valence-corrected chi connectivity index (χ2v) is 4.64. The summed E-state index contributed by atoms with van der Waals surface area (Å²) in [5.74, 6) is 0. The Bertz CT molecular complexity index is 345. The van der Waals surface area contributed by atoms with E-state index in [2.05, 4.69) is 4.98 Å². The van der Waals surface area contributed by atoms with Crippen LogP contribution in [0.15, 0.2) is 18.3 Å². The van der Waals surface area contributed by atoms with Gasteiger partial charge in [-0.25, -0.2) is 0 Å². The number of pyridine rings is 1. The van der Waals surface area contributed by atoms with Gasteiger partial charge in [-0.1, -0.05) is 20.8 Å². The van der Waals surface area contributed by atoms with Crippen LogP contribution >= 0.6 is 11.6 Å². The van der Waals surface area contributed by atoms with E-state index in [9.17, 15) is 8.78 Å². The molecular weight excluding hydrogens is 220 g/mol. The molecule has 0 N–H and O–H groups in total. The van der Waals surface area contributed by atoms with Gasteiger partial charge in [0.15, 0.2) is 0 Å². The molecule has 0 atom stereocenters. The van der Waals surface area contributed by atoms with Crippen molar-refractivity contribution in [3.63, 3.8) is 0 Å². The molecule has 0 aromatic carbocycles. The normalized spacial score (nSPS) is 12.9. The van der Waals surface area contributed by atoms with Crippen molar-refractivity contribution in [2.75, 3.05) is 0 Å². The fourth-order valence-corrected chi connectivity index (χ4v) is 1.28. The van der Waals surface area contributed by atoms with E-state index in [1.54, 1.807) is 0 Å². The van der Waals surface area contributed by atoms with Crippen LogP contribution in [0.1, 0.15) is 38.4 Å². The van der Waals surface area contributed by atoms with Crippen LogP contribution in [0, 0.1) is 0 Å². The van der Waals surface area contributed by atoms with Crippen LogP contribution < -0.4 is 0 Å². The van der Waals surface area contributed by atoms with Crippen LogP contribution in [0.2, 0.25) is 0 Å². The second-order valence-electron chi connectivity index (χ2n) is 4.16. The molecule has 4 heteroatoms. The largest absolute Gasteiger partial charge is 0.348 e. The third-order valence-electron chi connectivity index (χ3n) is 2.66. The second kappa shape index (κ2) is 4.05. The summed E-state index contributed by atoms with van der Waals surface area (Å²) in [7, 11) is 0. The highest BCUT2D eigenvalue weighted by Crippen LogP contribution is 2.34. The number of aromatic nitrogens is 1. The molecule has 0 aliphatic carbocycles. The summed E-state index contributed by atoms with van der Waals surface area (Å²) in [5.41, 5.74) is 0.233. The SMILES string of the molecule is CCC(C)(C)c1cc(C(F)(F)Cl)ccn1. The van der Waals surface area contributed by atoms with E-state index in [-0.39, 0.29) is 11.0 Å². The molecule has 1 rings (SSSR count). The third kappa shape index (κ3) is 2.88. The van der Waals surface area contributed by atoms with E-state index < -0.39 is 5.38 Å². The number of hydrogen-bond acceptors (Lipinski definition) is 1. The predicted octanol–water partition coefficient (Wildman–Crippen LogP) is 4.06. The van der Waals surface area contributed by atoms with Crippen LogP contribution in [-0.4, -0.2) is 4.98 Å². The van der Waals surface area contributed by atoms with Crippen molar-refractivity contribution in [3.8, 4) is 0 Å². The molecule has 15 heavy (non-hydrogen) atoms. The van der Waals surface area contributed by atoms with Gasteiger partial charge in [0.1, 0.15) is 0 Å². The molecule has 1 heterocycles. The molecular formula is C11H14ClF2N. The Balaban J connectivity index is 3.14. The van der Waals surface area contributed by atoms with E-state index in [4.69, 9.17) is 11.6 Å². The monoisotopic (exact) mass is 233 g/mol. The van der Waals surface area contributed by atoms with Gasteiger partial charge in [-0.15, -0.1) is 0 Å².